The van der Waals surface area contributed by atoms with Crippen molar-refractivity contribution in [1.82, 2.24) is 4.90 Å². The standard InChI is InChI=1S/C16H12N4O7S/c17-28(26,27)11-4-1-9(2-5-11)18-14(21)8-19-15(22)12-6-3-10(20(24)25)7-13(12)16(19)23/h1-7H,8H2,(H,18,21)(H2,17,26,27). The lowest BCUT2D eigenvalue weighted by Crippen LogP contribution is -2.37. The average Bonchev–Trinajstić information content (AvgIpc) is 2.86. The first kappa shape index (κ1) is 19.1. The number of amides is 3. The number of non-ortho nitro benzene ring substituents is 1. The lowest BCUT2D eigenvalue weighted by atomic mass is 10.1. The fourth-order valence-electron chi connectivity index (χ4n) is 2.61. The first-order chi connectivity index (χ1) is 13.1. The minimum absolute atomic E-state index is 0.0269. The van der Waals surface area contributed by atoms with Gasteiger partial charge in [0.2, 0.25) is 15.9 Å². The van der Waals surface area contributed by atoms with Gasteiger partial charge >= 0.3 is 0 Å². The van der Waals surface area contributed by atoms with Crippen LogP contribution in [0.25, 0.3) is 0 Å². The third kappa shape index (κ3) is 3.58. The van der Waals surface area contributed by atoms with Crippen LogP contribution in [0.1, 0.15) is 20.7 Å². The second-order valence-electron chi connectivity index (χ2n) is 5.80. The van der Waals surface area contributed by atoms with Gasteiger partial charge in [-0.25, -0.2) is 13.6 Å². The highest BCUT2D eigenvalue weighted by Crippen LogP contribution is 2.26. The summed E-state index contributed by atoms with van der Waals surface area (Å²) in [6, 6.07) is 8.21. The average molecular weight is 404 g/mol. The Labute approximate surface area is 157 Å². The number of carbonyl (C=O) groups excluding carboxylic acids is 3. The number of primary sulfonamides is 1. The highest BCUT2D eigenvalue weighted by molar-refractivity contribution is 7.89. The van der Waals surface area contributed by atoms with Gasteiger partial charge in [-0.15, -0.1) is 0 Å². The van der Waals surface area contributed by atoms with Crippen molar-refractivity contribution in [3.63, 3.8) is 0 Å². The van der Waals surface area contributed by atoms with Crippen molar-refractivity contribution in [2.24, 2.45) is 5.14 Å². The molecule has 1 aliphatic heterocycles. The van der Waals surface area contributed by atoms with Crippen LogP contribution in [0.15, 0.2) is 47.4 Å². The molecule has 3 amide bonds. The summed E-state index contributed by atoms with van der Waals surface area (Å²) in [6.07, 6.45) is 0. The lowest BCUT2D eigenvalue weighted by Gasteiger charge is -2.13. The molecule has 144 valence electrons. The van der Waals surface area contributed by atoms with Crippen LogP contribution in [-0.2, 0) is 14.8 Å². The van der Waals surface area contributed by atoms with E-state index < -0.39 is 39.2 Å². The number of nitrogens with zero attached hydrogens (tertiary/aromatic N) is 2. The minimum atomic E-state index is -3.88. The van der Waals surface area contributed by atoms with Gasteiger partial charge in [0.15, 0.2) is 0 Å². The summed E-state index contributed by atoms with van der Waals surface area (Å²) in [6.45, 7) is -0.614. The SMILES string of the molecule is NS(=O)(=O)c1ccc(NC(=O)CN2C(=O)c3ccc([N+](=O)[O-])cc3C2=O)cc1. The number of anilines is 1. The summed E-state index contributed by atoms with van der Waals surface area (Å²) in [5.74, 6) is -2.27. The lowest BCUT2D eigenvalue weighted by molar-refractivity contribution is -0.384. The summed E-state index contributed by atoms with van der Waals surface area (Å²) < 4.78 is 22.4. The van der Waals surface area contributed by atoms with E-state index >= 15 is 0 Å². The second-order valence-corrected chi connectivity index (χ2v) is 7.36. The molecule has 2 aromatic rings. The predicted molar refractivity (Wildman–Crippen MR) is 94.9 cm³/mol. The first-order valence-electron chi connectivity index (χ1n) is 7.65. The first-order valence-corrected chi connectivity index (χ1v) is 9.20. The Morgan fingerprint density at radius 1 is 1.07 bits per heavy atom. The monoisotopic (exact) mass is 404 g/mol. The fraction of sp³-hybridized carbons (Fsp3) is 0.0625. The number of carbonyl (C=O) groups is 3. The van der Waals surface area contributed by atoms with E-state index in [0.29, 0.717) is 4.90 Å². The largest absolute Gasteiger partial charge is 0.325 e. The number of sulfonamides is 1. The van der Waals surface area contributed by atoms with Crippen molar-refractivity contribution in [2.75, 3.05) is 11.9 Å². The molecular formula is C16H12N4O7S. The Balaban J connectivity index is 1.73. The third-order valence-electron chi connectivity index (χ3n) is 3.93. The zero-order chi connectivity index (χ0) is 20.6. The summed E-state index contributed by atoms with van der Waals surface area (Å²) in [5.41, 5.74) is -0.295. The van der Waals surface area contributed by atoms with Crippen LogP contribution in [0, 0.1) is 10.1 Å². The molecule has 3 N–H and O–H groups in total. The van der Waals surface area contributed by atoms with Gasteiger partial charge in [0.1, 0.15) is 6.54 Å². The summed E-state index contributed by atoms with van der Waals surface area (Å²) in [4.78, 5) is 47.5. The van der Waals surface area contributed by atoms with Crippen LogP contribution in [0.5, 0.6) is 0 Å². The van der Waals surface area contributed by atoms with Crippen molar-refractivity contribution in [2.45, 2.75) is 4.90 Å². The molecule has 2 aromatic carbocycles. The van der Waals surface area contributed by atoms with Gasteiger partial charge in [0, 0.05) is 17.8 Å². The smallest absolute Gasteiger partial charge is 0.270 e. The Morgan fingerprint density at radius 3 is 2.25 bits per heavy atom. The summed E-state index contributed by atoms with van der Waals surface area (Å²) in [5, 5.41) is 18.2. The Bertz CT molecular complexity index is 1130. The van der Waals surface area contributed by atoms with Crippen molar-refractivity contribution in [3.05, 3.63) is 63.7 Å². The van der Waals surface area contributed by atoms with E-state index in [-0.39, 0.29) is 27.4 Å². The Kier molecular flexibility index (Phi) is 4.66. The third-order valence-corrected chi connectivity index (χ3v) is 4.86. The van der Waals surface area contributed by atoms with Crippen LogP contribution in [-0.4, -0.2) is 42.5 Å². The van der Waals surface area contributed by atoms with Gasteiger partial charge in [-0.3, -0.25) is 29.4 Å². The number of imide groups is 1. The molecule has 0 unspecified atom stereocenters. The second kappa shape index (κ2) is 6.83. The van der Waals surface area contributed by atoms with Crippen LogP contribution < -0.4 is 10.5 Å². The molecule has 0 atom stereocenters. The highest BCUT2D eigenvalue weighted by atomic mass is 32.2. The molecule has 0 aliphatic carbocycles. The van der Waals surface area contributed by atoms with E-state index in [4.69, 9.17) is 5.14 Å². The maximum absolute atomic E-state index is 12.3. The molecular weight excluding hydrogens is 392 g/mol. The van der Waals surface area contributed by atoms with Crippen LogP contribution in [0.3, 0.4) is 0 Å². The zero-order valence-electron chi connectivity index (χ0n) is 14.0. The number of hydrogen-bond acceptors (Lipinski definition) is 7. The molecule has 0 saturated carbocycles. The number of nitro groups is 1. The van der Waals surface area contributed by atoms with Gasteiger partial charge in [0.25, 0.3) is 17.5 Å². The Morgan fingerprint density at radius 2 is 1.68 bits per heavy atom. The van der Waals surface area contributed by atoms with Crippen molar-refractivity contribution >= 4 is 39.1 Å². The molecule has 12 heteroatoms. The number of benzene rings is 2. The molecule has 0 fully saturated rings. The van der Waals surface area contributed by atoms with Crippen LogP contribution in [0.4, 0.5) is 11.4 Å². The van der Waals surface area contributed by atoms with Gasteiger partial charge in [-0.2, -0.15) is 0 Å². The van der Waals surface area contributed by atoms with Crippen molar-refractivity contribution in [1.29, 1.82) is 0 Å². The van der Waals surface area contributed by atoms with E-state index in [1.165, 1.54) is 24.3 Å². The van der Waals surface area contributed by atoms with E-state index in [2.05, 4.69) is 5.32 Å². The molecule has 1 heterocycles. The molecule has 28 heavy (non-hydrogen) atoms. The topological polar surface area (TPSA) is 170 Å². The Hall–Kier alpha value is -3.64. The van der Waals surface area contributed by atoms with Crippen molar-refractivity contribution in [3.8, 4) is 0 Å². The van der Waals surface area contributed by atoms with Crippen molar-refractivity contribution < 1.29 is 27.7 Å². The molecule has 0 saturated heterocycles. The zero-order valence-corrected chi connectivity index (χ0v) is 14.8. The highest BCUT2D eigenvalue weighted by Gasteiger charge is 2.37. The van der Waals surface area contributed by atoms with Gasteiger partial charge in [-0.1, -0.05) is 0 Å². The van der Waals surface area contributed by atoms with E-state index in [9.17, 15) is 32.9 Å². The maximum Gasteiger partial charge on any atom is 0.270 e. The van der Waals surface area contributed by atoms with E-state index in [1.54, 1.807) is 0 Å². The predicted octanol–water partition coefficient (Wildman–Crippen LogP) is 0.477. The summed E-state index contributed by atoms with van der Waals surface area (Å²) in [7, 11) is -3.88. The molecule has 0 bridgehead atoms. The molecule has 0 spiro atoms. The fourth-order valence-corrected chi connectivity index (χ4v) is 3.12. The molecule has 0 aromatic heterocycles. The molecule has 3 rings (SSSR count). The number of nitro benzene ring substituents is 1. The van der Waals surface area contributed by atoms with Gasteiger partial charge in [-0.05, 0) is 30.3 Å². The molecule has 11 nitrogen and oxygen atoms in total. The number of rotatable bonds is 5. The van der Waals surface area contributed by atoms with Crippen LogP contribution in [0.2, 0.25) is 0 Å². The maximum atomic E-state index is 12.3. The number of nitrogens with two attached hydrogens (primary N) is 1. The quantitative estimate of drug-likeness (QED) is 0.414. The molecule has 0 radical (unpaired) electrons. The van der Waals surface area contributed by atoms with E-state index in [1.807, 2.05) is 0 Å². The van der Waals surface area contributed by atoms with Gasteiger partial charge < -0.3 is 5.32 Å². The number of fused-ring (bicyclic) bond motifs is 1. The number of hydrogen-bond donors (Lipinski definition) is 2. The number of nitrogens with one attached hydrogen (secondary N) is 1. The minimum Gasteiger partial charge on any atom is -0.325 e. The van der Waals surface area contributed by atoms with E-state index in [0.717, 1.165) is 18.2 Å². The molecule has 1 aliphatic rings. The summed E-state index contributed by atoms with van der Waals surface area (Å²) >= 11 is 0. The van der Waals surface area contributed by atoms with Crippen LogP contribution >= 0.6 is 0 Å². The van der Waals surface area contributed by atoms with Gasteiger partial charge in [0.05, 0.1) is 20.9 Å². The normalized spacial score (nSPS) is 13.4.